The molecule has 0 aliphatic carbocycles. The number of halogens is 1. The first-order valence-electron chi connectivity index (χ1n) is 6.07. The lowest BCUT2D eigenvalue weighted by atomic mass is 10.1. The van der Waals surface area contributed by atoms with Gasteiger partial charge < -0.3 is 10.4 Å². The van der Waals surface area contributed by atoms with Crippen molar-refractivity contribution < 1.29 is 9.50 Å². The molecule has 18 heavy (non-hydrogen) atoms. The van der Waals surface area contributed by atoms with Crippen molar-refractivity contribution in [3.63, 3.8) is 0 Å². The van der Waals surface area contributed by atoms with E-state index in [0.717, 1.165) is 12.1 Å². The Morgan fingerprint density at radius 3 is 2.89 bits per heavy atom. The summed E-state index contributed by atoms with van der Waals surface area (Å²) in [5, 5.41) is 12.0. The second kappa shape index (κ2) is 7.97. The van der Waals surface area contributed by atoms with Crippen LogP contribution in [0.25, 0.3) is 0 Å². The highest BCUT2D eigenvalue weighted by molar-refractivity contribution is 5.25. The summed E-state index contributed by atoms with van der Waals surface area (Å²) < 4.78 is 13.7. The largest absolute Gasteiger partial charge is 0.395 e. The van der Waals surface area contributed by atoms with E-state index in [1.165, 1.54) is 6.07 Å². The van der Waals surface area contributed by atoms with Gasteiger partial charge in [0.15, 0.2) is 0 Å². The second-order valence-electron chi connectivity index (χ2n) is 4.20. The smallest absolute Gasteiger partial charge is 0.127 e. The Hall–Kier alpha value is -1.23. The lowest BCUT2D eigenvalue weighted by Crippen LogP contribution is -2.27. The molecule has 1 rings (SSSR count). The number of rotatable bonds is 8. The van der Waals surface area contributed by atoms with Gasteiger partial charge in [-0.2, -0.15) is 0 Å². The van der Waals surface area contributed by atoms with Crippen molar-refractivity contribution >= 4 is 0 Å². The third kappa shape index (κ3) is 4.56. The fourth-order valence-electron chi connectivity index (χ4n) is 1.86. The normalized spacial score (nSPS) is 10.9. The summed E-state index contributed by atoms with van der Waals surface area (Å²) in [5.74, 6) is -0.207. The molecule has 0 aromatic heterocycles. The van der Waals surface area contributed by atoms with Crippen molar-refractivity contribution in [1.82, 2.24) is 10.2 Å². The number of aliphatic hydroxyl groups is 1. The van der Waals surface area contributed by atoms with Crippen LogP contribution in [0.4, 0.5) is 4.39 Å². The number of nitrogens with one attached hydrogen (secondary N) is 1. The molecule has 0 bridgehead atoms. The highest BCUT2D eigenvalue weighted by Gasteiger charge is 2.08. The predicted octanol–water partition coefficient (Wildman–Crippen LogP) is 1.53. The average Bonchev–Trinajstić information content (AvgIpc) is 2.34. The number of nitrogens with zero attached hydrogens (tertiary/aromatic N) is 1. The van der Waals surface area contributed by atoms with Gasteiger partial charge in [0.1, 0.15) is 5.82 Å². The molecule has 0 fully saturated rings. The molecule has 0 heterocycles. The molecule has 0 spiro atoms. The van der Waals surface area contributed by atoms with Crippen molar-refractivity contribution in [2.24, 2.45) is 0 Å². The van der Waals surface area contributed by atoms with E-state index in [4.69, 9.17) is 5.11 Å². The molecule has 0 radical (unpaired) electrons. The van der Waals surface area contributed by atoms with E-state index in [-0.39, 0.29) is 12.4 Å². The zero-order chi connectivity index (χ0) is 13.4. The summed E-state index contributed by atoms with van der Waals surface area (Å²) in [6.45, 7) is 6.08. The SMILES string of the molecule is C=CCN(CCO)Cc1cc(CNC)ccc1F. The maximum absolute atomic E-state index is 13.7. The van der Waals surface area contributed by atoms with Gasteiger partial charge >= 0.3 is 0 Å². The minimum absolute atomic E-state index is 0.0612. The molecule has 2 N–H and O–H groups in total. The average molecular weight is 252 g/mol. The van der Waals surface area contributed by atoms with Gasteiger partial charge in [-0.3, -0.25) is 4.90 Å². The molecular formula is C14H21FN2O. The molecule has 1 aromatic rings. The van der Waals surface area contributed by atoms with E-state index in [1.54, 1.807) is 12.1 Å². The molecule has 0 aliphatic rings. The molecule has 0 atom stereocenters. The monoisotopic (exact) mass is 252 g/mol. The number of hydrogen-bond donors (Lipinski definition) is 2. The van der Waals surface area contributed by atoms with E-state index in [2.05, 4.69) is 11.9 Å². The summed E-state index contributed by atoms with van der Waals surface area (Å²) in [4.78, 5) is 1.95. The minimum Gasteiger partial charge on any atom is -0.395 e. The summed E-state index contributed by atoms with van der Waals surface area (Å²) in [6, 6.07) is 5.13. The number of hydrogen-bond acceptors (Lipinski definition) is 3. The Labute approximate surface area is 108 Å². The van der Waals surface area contributed by atoms with Gasteiger partial charge in [0, 0.05) is 31.7 Å². The molecule has 0 amide bonds. The summed E-state index contributed by atoms with van der Waals surface area (Å²) in [6.07, 6.45) is 1.75. The highest BCUT2D eigenvalue weighted by atomic mass is 19.1. The Morgan fingerprint density at radius 1 is 1.50 bits per heavy atom. The van der Waals surface area contributed by atoms with E-state index >= 15 is 0 Å². The van der Waals surface area contributed by atoms with Crippen molar-refractivity contribution in [2.75, 3.05) is 26.7 Å². The molecule has 100 valence electrons. The zero-order valence-electron chi connectivity index (χ0n) is 10.8. The van der Waals surface area contributed by atoms with E-state index in [0.29, 0.717) is 25.2 Å². The Morgan fingerprint density at radius 2 is 2.28 bits per heavy atom. The zero-order valence-corrected chi connectivity index (χ0v) is 10.8. The first-order chi connectivity index (χ1) is 8.71. The Balaban J connectivity index is 2.79. The summed E-state index contributed by atoms with van der Waals surface area (Å²) >= 11 is 0. The van der Waals surface area contributed by atoms with E-state index in [9.17, 15) is 4.39 Å². The van der Waals surface area contributed by atoms with Gasteiger partial charge in [0.2, 0.25) is 0 Å². The molecule has 0 unspecified atom stereocenters. The van der Waals surface area contributed by atoms with Crippen molar-refractivity contribution in [3.05, 3.63) is 47.8 Å². The standard InChI is InChI=1S/C14H21FN2O/c1-3-6-17(7-8-18)11-13-9-12(10-16-2)4-5-14(13)15/h3-5,9,16,18H,1,6-8,10-11H2,2H3. The summed E-state index contributed by atoms with van der Waals surface area (Å²) in [7, 11) is 1.86. The molecule has 0 aliphatic heterocycles. The van der Waals surface area contributed by atoms with Crippen LogP contribution in [0.1, 0.15) is 11.1 Å². The van der Waals surface area contributed by atoms with E-state index < -0.39 is 0 Å². The van der Waals surface area contributed by atoms with Crippen molar-refractivity contribution in [1.29, 1.82) is 0 Å². The van der Waals surface area contributed by atoms with Gasteiger partial charge in [-0.05, 0) is 18.7 Å². The van der Waals surface area contributed by atoms with Crippen LogP contribution in [0.3, 0.4) is 0 Å². The van der Waals surface area contributed by atoms with Gasteiger partial charge in [-0.15, -0.1) is 6.58 Å². The molecule has 0 saturated heterocycles. The number of aliphatic hydroxyl groups excluding tert-OH is 1. The molecular weight excluding hydrogens is 231 g/mol. The van der Waals surface area contributed by atoms with Crippen molar-refractivity contribution in [2.45, 2.75) is 13.1 Å². The van der Waals surface area contributed by atoms with Crippen LogP contribution in [0, 0.1) is 5.82 Å². The van der Waals surface area contributed by atoms with Crippen LogP contribution in [0.15, 0.2) is 30.9 Å². The van der Waals surface area contributed by atoms with E-state index in [1.807, 2.05) is 18.0 Å². The minimum atomic E-state index is -0.207. The quantitative estimate of drug-likeness (QED) is 0.689. The van der Waals surface area contributed by atoms with Crippen LogP contribution in [-0.2, 0) is 13.1 Å². The third-order valence-electron chi connectivity index (χ3n) is 2.69. The molecule has 0 saturated carbocycles. The van der Waals surface area contributed by atoms with Crippen LogP contribution in [0.2, 0.25) is 0 Å². The van der Waals surface area contributed by atoms with Gasteiger partial charge in [-0.1, -0.05) is 18.2 Å². The van der Waals surface area contributed by atoms with Crippen molar-refractivity contribution in [3.8, 4) is 0 Å². The fourth-order valence-corrected chi connectivity index (χ4v) is 1.86. The maximum Gasteiger partial charge on any atom is 0.127 e. The van der Waals surface area contributed by atoms with Gasteiger partial charge in [0.25, 0.3) is 0 Å². The fraction of sp³-hybridized carbons (Fsp3) is 0.429. The molecule has 3 nitrogen and oxygen atoms in total. The number of benzene rings is 1. The molecule has 4 heteroatoms. The van der Waals surface area contributed by atoms with Crippen LogP contribution in [-0.4, -0.2) is 36.8 Å². The lowest BCUT2D eigenvalue weighted by Gasteiger charge is -2.20. The van der Waals surface area contributed by atoms with Gasteiger partial charge in [-0.25, -0.2) is 4.39 Å². The topological polar surface area (TPSA) is 35.5 Å². The first-order valence-corrected chi connectivity index (χ1v) is 6.07. The van der Waals surface area contributed by atoms with Gasteiger partial charge in [0.05, 0.1) is 6.61 Å². The van der Waals surface area contributed by atoms with Crippen LogP contribution in [0.5, 0.6) is 0 Å². The lowest BCUT2D eigenvalue weighted by molar-refractivity contribution is 0.202. The third-order valence-corrected chi connectivity index (χ3v) is 2.69. The second-order valence-corrected chi connectivity index (χ2v) is 4.20. The predicted molar refractivity (Wildman–Crippen MR) is 71.7 cm³/mol. The Bertz CT molecular complexity index is 382. The molecule has 1 aromatic carbocycles. The van der Waals surface area contributed by atoms with Crippen LogP contribution >= 0.6 is 0 Å². The maximum atomic E-state index is 13.7. The summed E-state index contributed by atoms with van der Waals surface area (Å²) in [5.41, 5.74) is 1.70. The van der Waals surface area contributed by atoms with Crippen LogP contribution < -0.4 is 5.32 Å². The Kier molecular flexibility index (Phi) is 6.57. The first kappa shape index (κ1) is 14.8. The highest BCUT2D eigenvalue weighted by Crippen LogP contribution is 2.13.